The average Bonchev–Trinajstić information content (AvgIpc) is 2.89. The molecule has 4 nitrogen and oxygen atoms in total. The van der Waals surface area contributed by atoms with Crippen molar-refractivity contribution in [3.63, 3.8) is 0 Å². The van der Waals surface area contributed by atoms with Crippen molar-refractivity contribution < 1.29 is 8.42 Å². The summed E-state index contributed by atoms with van der Waals surface area (Å²) in [6, 6.07) is 1.11. The van der Waals surface area contributed by atoms with E-state index in [1.807, 2.05) is 13.8 Å². The van der Waals surface area contributed by atoms with E-state index in [-0.39, 0.29) is 0 Å². The minimum Gasteiger partial charge on any atom is -0.314 e. The van der Waals surface area contributed by atoms with E-state index in [2.05, 4.69) is 10.6 Å². The van der Waals surface area contributed by atoms with Crippen molar-refractivity contribution in [2.45, 2.75) is 69.2 Å². The van der Waals surface area contributed by atoms with E-state index in [0.29, 0.717) is 24.5 Å². The lowest BCUT2D eigenvalue weighted by Crippen LogP contribution is -2.51. The van der Waals surface area contributed by atoms with Gasteiger partial charge in [-0.3, -0.25) is 0 Å². The first kappa shape index (κ1) is 16.2. The van der Waals surface area contributed by atoms with Crippen LogP contribution in [0.15, 0.2) is 0 Å². The Balaban J connectivity index is 1.95. The molecule has 1 heterocycles. The van der Waals surface area contributed by atoms with Gasteiger partial charge in [0.2, 0.25) is 0 Å². The Kier molecular flexibility index (Phi) is 5.14. The van der Waals surface area contributed by atoms with Gasteiger partial charge in [0.25, 0.3) is 0 Å². The molecule has 1 saturated heterocycles. The number of nitrogens with one attached hydrogen (secondary N) is 2. The molecular weight excluding hydrogens is 272 g/mol. The maximum atomic E-state index is 11.8. The van der Waals surface area contributed by atoms with E-state index in [1.54, 1.807) is 0 Å². The molecule has 0 spiro atoms. The lowest BCUT2D eigenvalue weighted by molar-refractivity contribution is 0.212. The van der Waals surface area contributed by atoms with Gasteiger partial charge in [0.1, 0.15) is 0 Å². The summed E-state index contributed by atoms with van der Waals surface area (Å²) in [5.74, 6) is 0.668. The molecule has 3 unspecified atom stereocenters. The van der Waals surface area contributed by atoms with Crippen LogP contribution in [-0.2, 0) is 9.84 Å². The number of sulfone groups is 1. The van der Waals surface area contributed by atoms with Crippen LogP contribution in [0.1, 0.15) is 52.4 Å². The van der Waals surface area contributed by atoms with Crippen LogP contribution in [0.4, 0.5) is 0 Å². The van der Waals surface area contributed by atoms with Gasteiger partial charge < -0.3 is 10.6 Å². The first-order chi connectivity index (χ1) is 9.31. The zero-order valence-corrected chi connectivity index (χ0v) is 13.9. The molecule has 0 aromatic heterocycles. The molecule has 0 aromatic carbocycles. The van der Waals surface area contributed by atoms with Gasteiger partial charge in [0.15, 0.2) is 9.84 Å². The Morgan fingerprint density at radius 3 is 2.45 bits per heavy atom. The molecule has 0 bridgehead atoms. The molecule has 0 amide bonds. The number of rotatable bonds is 5. The summed E-state index contributed by atoms with van der Waals surface area (Å²) in [5.41, 5.74) is 0. The highest BCUT2D eigenvalue weighted by Gasteiger charge is 2.36. The van der Waals surface area contributed by atoms with E-state index in [4.69, 9.17) is 0 Å². The highest BCUT2D eigenvalue weighted by atomic mass is 32.2. The van der Waals surface area contributed by atoms with Crippen LogP contribution in [0.5, 0.6) is 0 Å². The smallest absolute Gasteiger partial charge is 0.153 e. The summed E-state index contributed by atoms with van der Waals surface area (Å²) in [4.78, 5) is 0. The van der Waals surface area contributed by atoms with Gasteiger partial charge in [0.05, 0.1) is 4.75 Å². The Bertz CT molecular complexity index is 414. The standard InChI is InChI=1S/C15H30N2O2S/c1-15(2,20(3,18)19)11-17-14-8-5-4-7-12(14)13-9-6-10-16-13/h12-14,16-17H,4-11H2,1-3H3. The quantitative estimate of drug-likeness (QED) is 0.812. The van der Waals surface area contributed by atoms with E-state index in [1.165, 1.54) is 44.8 Å². The van der Waals surface area contributed by atoms with Gasteiger partial charge in [-0.2, -0.15) is 0 Å². The second kappa shape index (κ2) is 6.32. The molecule has 1 aliphatic carbocycles. The van der Waals surface area contributed by atoms with Crippen LogP contribution in [0, 0.1) is 5.92 Å². The first-order valence-corrected chi connectivity index (χ1v) is 9.87. The molecule has 2 N–H and O–H groups in total. The molecule has 1 aliphatic heterocycles. The van der Waals surface area contributed by atoms with Gasteiger partial charge in [-0.05, 0) is 52.0 Å². The second-order valence-corrected chi connectivity index (χ2v) is 9.82. The van der Waals surface area contributed by atoms with Crippen molar-refractivity contribution in [3.8, 4) is 0 Å². The third-order valence-corrected chi connectivity index (χ3v) is 7.38. The summed E-state index contributed by atoms with van der Waals surface area (Å²) in [6.07, 6.45) is 8.93. The van der Waals surface area contributed by atoms with Crippen molar-refractivity contribution in [3.05, 3.63) is 0 Å². The second-order valence-electron chi connectivity index (χ2n) is 7.17. The molecule has 2 fully saturated rings. The third-order valence-electron chi connectivity index (χ3n) is 5.23. The highest BCUT2D eigenvalue weighted by molar-refractivity contribution is 7.92. The topological polar surface area (TPSA) is 58.2 Å². The molecule has 0 aromatic rings. The van der Waals surface area contributed by atoms with Crippen LogP contribution in [0.3, 0.4) is 0 Å². The minimum atomic E-state index is -3.02. The van der Waals surface area contributed by atoms with Crippen molar-refractivity contribution in [1.29, 1.82) is 0 Å². The molecule has 3 atom stereocenters. The molecule has 0 radical (unpaired) electrons. The van der Waals surface area contributed by atoms with Crippen LogP contribution >= 0.6 is 0 Å². The van der Waals surface area contributed by atoms with E-state index in [0.717, 1.165) is 6.54 Å². The van der Waals surface area contributed by atoms with E-state index in [9.17, 15) is 8.42 Å². The van der Waals surface area contributed by atoms with Crippen LogP contribution in [0.2, 0.25) is 0 Å². The van der Waals surface area contributed by atoms with Crippen molar-refractivity contribution >= 4 is 9.84 Å². The minimum absolute atomic E-state index is 0.473. The molecule has 20 heavy (non-hydrogen) atoms. The molecular formula is C15H30N2O2S. The molecule has 1 saturated carbocycles. The molecule has 5 heteroatoms. The predicted molar refractivity (Wildman–Crippen MR) is 83.7 cm³/mol. The van der Waals surface area contributed by atoms with Gasteiger partial charge in [-0.15, -0.1) is 0 Å². The molecule has 2 rings (SSSR count). The normalized spacial score (nSPS) is 32.5. The zero-order chi connectivity index (χ0) is 14.8. The number of hydrogen-bond acceptors (Lipinski definition) is 4. The van der Waals surface area contributed by atoms with Crippen LogP contribution in [0.25, 0.3) is 0 Å². The van der Waals surface area contributed by atoms with Crippen LogP contribution < -0.4 is 10.6 Å². The average molecular weight is 302 g/mol. The summed E-state index contributed by atoms with van der Waals surface area (Å²) in [7, 11) is -3.02. The monoisotopic (exact) mass is 302 g/mol. The molecule has 118 valence electrons. The summed E-state index contributed by atoms with van der Waals surface area (Å²) < 4.78 is 22.9. The zero-order valence-electron chi connectivity index (χ0n) is 13.1. The SMILES string of the molecule is CC(C)(CNC1CCCCC1C1CCCN1)S(C)(=O)=O. The predicted octanol–water partition coefficient (Wildman–Crippen LogP) is 1.71. The maximum absolute atomic E-state index is 11.8. The largest absolute Gasteiger partial charge is 0.314 e. The van der Waals surface area contributed by atoms with Crippen molar-refractivity contribution in [1.82, 2.24) is 10.6 Å². The molecule has 2 aliphatic rings. The fourth-order valence-corrected chi connectivity index (χ4v) is 3.83. The Labute approximate surface area is 124 Å². The van der Waals surface area contributed by atoms with Gasteiger partial charge in [-0.25, -0.2) is 8.42 Å². The summed E-state index contributed by atoms with van der Waals surface area (Å²) in [5, 5.41) is 7.20. The van der Waals surface area contributed by atoms with Gasteiger partial charge in [-0.1, -0.05) is 12.8 Å². The number of hydrogen-bond donors (Lipinski definition) is 2. The van der Waals surface area contributed by atoms with Crippen molar-refractivity contribution in [2.24, 2.45) is 5.92 Å². The van der Waals surface area contributed by atoms with Gasteiger partial charge in [0, 0.05) is 24.9 Å². The Morgan fingerprint density at radius 1 is 1.15 bits per heavy atom. The fourth-order valence-electron chi connectivity index (χ4n) is 3.48. The van der Waals surface area contributed by atoms with E-state index < -0.39 is 14.6 Å². The summed E-state index contributed by atoms with van der Waals surface area (Å²) in [6.45, 7) is 5.34. The lowest BCUT2D eigenvalue weighted by Gasteiger charge is -2.38. The first-order valence-electron chi connectivity index (χ1n) is 7.98. The third kappa shape index (κ3) is 3.74. The van der Waals surface area contributed by atoms with Crippen LogP contribution in [-0.4, -0.2) is 44.6 Å². The Hall–Kier alpha value is -0.130. The lowest BCUT2D eigenvalue weighted by atomic mass is 9.79. The highest BCUT2D eigenvalue weighted by Crippen LogP contribution is 2.31. The summed E-state index contributed by atoms with van der Waals surface area (Å²) >= 11 is 0. The maximum Gasteiger partial charge on any atom is 0.153 e. The van der Waals surface area contributed by atoms with Crippen molar-refractivity contribution in [2.75, 3.05) is 19.3 Å². The fraction of sp³-hybridized carbons (Fsp3) is 1.00. The van der Waals surface area contributed by atoms with E-state index >= 15 is 0 Å². The Morgan fingerprint density at radius 2 is 1.85 bits per heavy atom. The van der Waals surface area contributed by atoms with Gasteiger partial charge >= 0.3 is 0 Å².